The van der Waals surface area contributed by atoms with Gasteiger partial charge in [-0.15, -0.1) is 5.92 Å². The third-order valence-corrected chi connectivity index (χ3v) is 3.10. The third kappa shape index (κ3) is 8.04. The van der Waals surface area contributed by atoms with Crippen LogP contribution < -0.4 is 0 Å². The maximum Gasteiger partial charge on any atom is 0.266 e. The van der Waals surface area contributed by atoms with Crippen LogP contribution in [0.1, 0.15) is 6.92 Å². The smallest absolute Gasteiger partial charge is 0.266 e. The van der Waals surface area contributed by atoms with Crippen molar-refractivity contribution >= 4 is 20.0 Å². The molecule has 0 bridgehead atoms. The van der Waals surface area contributed by atoms with E-state index < -0.39 is 31.6 Å². The minimum absolute atomic E-state index is 0.367. The molecule has 0 amide bonds. The summed E-state index contributed by atoms with van der Waals surface area (Å²) in [5, 5.41) is 0. The fraction of sp³-hybridized carbons (Fsp3) is 0.714. The van der Waals surface area contributed by atoms with Crippen LogP contribution in [-0.2, 0) is 20.0 Å². The first-order valence-electron chi connectivity index (χ1n) is 3.69. The van der Waals surface area contributed by atoms with Crippen LogP contribution in [0.25, 0.3) is 0 Å². The summed E-state index contributed by atoms with van der Waals surface area (Å²) in [5.74, 6) is 2.96. The van der Waals surface area contributed by atoms with Crippen molar-refractivity contribution in [2.75, 3.05) is 17.8 Å². The standard InChI is InChI=1S/C7H12O5S2/c1-3-4-7(5-13(2,8)9)6-14(10,11)12/h7H,5-6H2,1-2H3,(H,10,11,12). The predicted octanol–water partition coefficient (Wildman–Crippen LogP) is -0.442. The van der Waals surface area contributed by atoms with Gasteiger partial charge in [0, 0.05) is 6.26 Å². The summed E-state index contributed by atoms with van der Waals surface area (Å²) in [4.78, 5) is 0. The highest BCUT2D eigenvalue weighted by Gasteiger charge is 2.19. The Balaban J connectivity index is 4.70. The molecule has 0 aromatic rings. The van der Waals surface area contributed by atoms with Gasteiger partial charge in [0.25, 0.3) is 10.1 Å². The molecule has 14 heavy (non-hydrogen) atoms. The van der Waals surface area contributed by atoms with Crippen LogP contribution in [0.3, 0.4) is 0 Å². The second kappa shape index (κ2) is 4.77. The molecule has 0 radical (unpaired) electrons. The molecule has 0 fully saturated rings. The minimum atomic E-state index is -4.18. The van der Waals surface area contributed by atoms with E-state index in [1.165, 1.54) is 6.92 Å². The molecule has 1 atom stereocenters. The van der Waals surface area contributed by atoms with E-state index in [9.17, 15) is 16.8 Å². The van der Waals surface area contributed by atoms with Gasteiger partial charge in [0.1, 0.15) is 9.84 Å². The largest absolute Gasteiger partial charge is 0.286 e. The summed E-state index contributed by atoms with van der Waals surface area (Å²) in [6.45, 7) is 1.47. The first kappa shape index (κ1) is 13.4. The number of sulfone groups is 1. The van der Waals surface area contributed by atoms with Crippen LogP contribution in [-0.4, -0.2) is 39.1 Å². The first-order chi connectivity index (χ1) is 6.14. The molecule has 0 heterocycles. The van der Waals surface area contributed by atoms with E-state index in [0.717, 1.165) is 6.26 Å². The highest BCUT2D eigenvalue weighted by Crippen LogP contribution is 2.03. The van der Waals surface area contributed by atoms with Gasteiger partial charge in [0.05, 0.1) is 17.4 Å². The lowest BCUT2D eigenvalue weighted by Crippen LogP contribution is -2.21. The molecule has 7 heteroatoms. The number of rotatable bonds is 4. The number of hydrogen-bond acceptors (Lipinski definition) is 4. The molecular formula is C7H12O5S2. The molecule has 1 N–H and O–H groups in total. The zero-order chi connectivity index (χ0) is 11.4. The van der Waals surface area contributed by atoms with E-state index in [0.29, 0.717) is 0 Å². The minimum Gasteiger partial charge on any atom is -0.286 e. The highest BCUT2D eigenvalue weighted by atomic mass is 32.2. The Morgan fingerprint density at radius 3 is 2.00 bits per heavy atom. The van der Waals surface area contributed by atoms with Crippen molar-refractivity contribution in [3.63, 3.8) is 0 Å². The van der Waals surface area contributed by atoms with E-state index in [4.69, 9.17) is 4.55 Å². The molecule has 0 aliphatic rings. The normalized spacial score (nSPS) is 14.2. The third-order valence-electron chi connectivity index (χ3n) is 1.26. The molecule has 0 saturated carbocycles. The Bertz CT molecular complexity index is 400. The van der Waals surface area contributed by atoms with Gasteiger partial charge in [-0.3, -0.25) is 4.55 Å². The molecule has 1 unspecified atom stereocenters. The van der Waals surface area contributed by atoms with Gasteiger partial charge in [-0.25, -0.2) is 8.42 Å². The van der Waals surface area contributed by atoms with Crippen LogP contribution in [0, 0.1) is 17.8 Å². The van der Waals surface area contributed by atoms with Crippen molar-refractivity contribution in [2.24, 2.45) is 5.92 Å². The van der Waals surface area contributed by atoms with Crippen LogP contribution in [0.15, 0.2) is 0 Å². The second-order valence-corrected chi connectivity index (χ2v) is 6.61. The Hall–Kier alpha value is -0.580. The van der Waals surface area contributed by atoms with Crippen molar-refractivity contribution in [2.45, 2.75) is 6.92 Å². The quantitative estimate of drug-likeness (QED) is 0.531. The zero-order valence-electron chi connectivity index (χ0n) is 7.89. The Labute approximate surface area is 84.2 Å². The van der Waals surface area contributed by atoms with E-state index in [2.05, 4.69) is 11.8 Å². The summed E-state index contributed by atoms with van der Waals surface area (Å²) in [7, 11) is -7.48. The fourth-order valence-corrected chi connectivity index (χ4v) is 2.75. The summed E-state index contributed by atoms with van der Waals surface area (Å²) in [5.41, 5.74) is 0. The molecule has 0 aliphatic carbocycles. The highest BCUT2D eigenvalue weighted by molar-refractivity contribution is 7.90. The molecule has 0 aliphatic heterocycles. The molecule has 0 aromatic carbocycles. The van der Waals surface area contributed by atoms with Gasteiger partial charge in [0.2, 0.25) is 0 Å². The lowest BCUT2D eigenvalue weighted by Gasteiger charge is -2.06. The van der Waals surface area contributed by atoms with E-state index in [-0.39, 0.29) is 5.75 Å². The average Bonchev–Trinajstić information content (AvgIpc) is 1.78. The monoisotopic (exact) mass is 240 g/mol. The summed E-state index contributed by atoms with van der Waals surface area (Å²) < 4.78 is 51.2. The predicted molar refractivity (Wildman–Crippen MR) is 53.1 cm³/mol. The molecule has 0 saturated heterocycles. The molecule has 82 valence electrons. The fourth-order valence-electron chi connectivity index (χ4n) is 0.955. The van der Waals surface area contributed by atoms with Gasteiger partial charge < -0.3 is 0 Å². The molecule has 0 aromatic heterocycles. The van der Waals surface area contributed by atoms with Crippen molar-refractivity contribution in [3.05, 3.63) is 0 Å². The summed E-state index contributed by atoms with van der Waals surface area (Å²) >= 11 is 0. The lowest BCUT2D eigenvalue weighted by atomic mass is 10.2. The van der Waals surface area contributed by atoms with Crippen LogP contribution >= 0.6 is 0 Å². The molecule has 5 nitrogen and oxygen atoms in total. The van der Waals surface area contributed by atoms with Gasteiger partial charge in [-0.1, -0.05) is 5.92 Å². The molecule has 0 spiro atoms. The lowest BCUT2D eigenvalue weighted by molar-refractivity contribution is 0.478. The van der Waals surface area contributed by atoms with E-state index in [1.807, 2.05) is 0 Å². The Morgan fingerprint density at radius 1 is 1.21 bits per heavy atom. The summed E-state index contributed by atoms with van der Waals surface area (Å²) in [6, 6.07) is 0. The Kier molecular flexibility index (Phi) is 4.58. The van der Waals surface area contributed by atoms with Gasteiger partial charge in [0.15, 0.2) is 0 Å². The van der Waals surface area contributed by atoms with Crippen molar-refractivity contribution in [3.8, 4) is 11.8 Å². The van der Waals surface area contributed by atoms with Crippen LogP contribution in [0.5, 0.6) is 0 Å². The van der Waals surface area contributed by atoms with Gasteiger partial charge >= 0.3 is 0 Å². The molecule has 0 rings (SSSR count). The van der Waals surface area contributed by atoms with Crippen LogP contribution in [0.4, 0.5) is 0 Å². The van der Waals surface area contributed by atoms with Crippen molar-refractivity contribution in [1.29, 1.82) is 0 Å². The first-order valence-corrected chi connectivity index (χ1v) is 7.36. The Morgan fingerprint density at radius 2 is 1.71 bits per heavy atom. The maximum atomic E-state index is 10.9. The second-order valence-electron chi connectivity index (χ2n) is 2.93. The van der Waals surface area contributed by atoms with Gasteiger partial charge in [-0.2, -0.15) is 8.42 Å². The van der Waals surface area contributed by atoms with Crippen molar-refractivity contribution in [1.82, 2.24) is 0 Å². The van der Waals surface area contributed by atoms with E-state index >= 15 is 0 Å². The number of hydrogen-bond donors (Lipinski definition) is 1. The topological polar surface area (TPSA) is 88.5 Å². The van der Waals surface area contributed by atoms with Crippen LogP contribution in [0.2, 0.25) is 0 Å². The molecular weight excluding hydrogens is 228 g/mol. The summed E-state index contributed by atoms with van der Waals surface area (Å²) in [6.07, 6.45) is 0.987. The average molecular weight is 240 g/mol. The van der Waals surface area contributed by atoms with E-state index in [1.54, 1.807) is 0 Å². The maximum absolute atomic E-state index is 10.9. The SMILES string of the molecule is CC#CC(CS(C)(=O)=O)CS(=O)(=O)O. The van der Waals surface area contributed by atoms with Gasteiger partial charge in [-0.05, 0) is 6.92 Å². The van der Waals surface area contributed by atoms with Crippen molar-refractivity contribution < 1.29 is 21.4 Å². The zero-order valence-corrected chi connectivity index (χ0v) is 9.52.